The van der Waals surface area contributed by atoms with Crippen LogP contribution in [0.15, 0.2) is 48.5 Å². The second-order valence-corrected chi connectivity index (χ2v) is 5.76. The molecule has 0 saturated heterocycles. The van der Waals surface area contributed by atoms with Gasteiger partial charge in [-0.2, -0.15) is 0 Å². The average molecular weight is 280 g/mol. The first-order valence-electron chi connectivity index (χ1n) is 6.83. The molecule has 2 heteroatoms. The highest BCUT2D eigenvalue weighted by Gasteiger charge is 2.17. The molecule has 2 N–H and O–H groups in total. The Morgan fingerprint density at radius 2 is 1.60 bits per heavy atom. The van der Waals surface area contributed by atoms with Crippen molar-refractivity contribution in [2.45, 2.75) is 12.8 Å². The lowest BCUT2D eigenvalue weighted by Crippen LogP contribution is -1.88. The summed E-state index contributed by atoms with van der Waals surface area (Å²) in [6.07, 6.45) is 2.29. The predicted octanol–water partition coefficient (Wildman–Crippen LogP) is 4.84. The molecule has 0 bridgehead atoms. The van der Waals surface area contributed by atoms with Gasteiger partial charge < -0.3 is 5.73 Å². The molecule has 20 heavy (non-hydrogen) atoms. The molecule has 1 aliphatic carbocycles. The van der Waals surface area contributed by atoms with Gasteiger partial charge in [-0.15, -0.1) is 0 Å². The quantitative estimate of drug-likeness (QED) is 0.634. The molecule has 1 aliphatic rings. The van der Waals surface area contributed by atoms with Crippen LogP contribution in [0.3, 0.4) is 0 Å². The maximum atomic E-state index is 6.38. The van der Waals surface area contributed by atoms with E-state index >= 15 is 0 Å². The SMILES string of the molecule is Nc1ccc(-c2ccc3c4c(cccc24)CC3)c(Cl)c1. The summed E-state index contributed by atoms with van der Waals surface area (Å²) in [4.78, 5) is 0. The Morgan fingerprint density at radius 3 is 2.40 bits per heavy atom. The van der Waals surface area contributed by atoms with Crippen LogP contribution in [0.5, 0.6) is 0 Å². The van der Waals surface area contributed by atoms with Gasteiger partial charge in [0.15, 0.2) is 0 Å². The van der Waals surface area contributed by atoms with Crippen LogP contribution in [0.25, 0.3) is 21.9 Å². The summed E-state index contributed by atoms with van der Waals surface area (Å²) >= 11 is 6.38. The van der Waals surface area contributed by atoms with Crippen molar-refractivity contribution in [3.8, 4) is 11.1 Å². The standard InChI is InChI=1S/C18H14ClN/c19-17-10-13(20)7-9-15(17)14-8-6-12-5-4-11-2-1-3-16(14)18(11)12/h1-3,6-10H,4-5,20H2. The molecule has 0 spiro atoms. The smallest absolute Gasteiger partial charge is 0.0505 e. The van der Waals surface area contributed by atoms with Gasteiger partial charge in [0.25, 0.3) is 0 Å². The van der Waals surface area contributed by atoms with Gasteiger partial charge in [0.05, 0.1) is 5.02 Å². The van der Waals surface area contributed by atoms with E-state index < -0.39 is 0 Å². The Hall–Kier alpha value is -1.99. The molecule has 0 atom stereocenters. The van der Waals surface area contributed by atoms with Gasteiger partial charge in [0.1, 0.15) is 0 Å². The summed E-state index contributed by atoms with van der Waals surface area (Å²) in [5.41, 5.74) is 11.6. The molecule has 3 aromatic rings. The Morgan fingerprint density at radius 1 is 0.850 bits per heavy atom. The van der Waals surface area contributed by atoms with E-state index in [1.54, 1.807) is 0 Å². The molecule has 4 rings (SSSR count). The highest BCUT2D eigenvalue weighted by atomic mass is 35.5. The molecule has 0 aromatic heterocycles. The average Bonchev–Trinajstić information content (AvgIpc) is 2.86. The molecule has 0 aliphatic heterocycles. The summed E-state index contributed by atoms with van der Waals surface area (Å²) in [6.45, 7) is 0. The highest BCUT2D eigenvalue weighted by molar-refractivity contribution is 6.34. The molecular formula is C18H14ClN. The Kier molecular flexibility index (Phi) is 2.51. The minimum absolute atomic E-state index is 0.699. The number of hydrogen-bond donors (Lipinski definition) is 1. The van der Waals surface area contributed by atoms with Crippen molar-refractivity contribution in [2.75, 3.05) is 5.73 Å². The number of hydrogen-bond acceptors (Lipinski definition) is 1. The zero-order valence-corrected chi connectivity index (χ0v) is 11.7. The third-order valence-electron chi connectivity index (χ3n) is 4.16. The van der Waals surface area contributed by atoms with E-state index in [9.17, 15) is 0 Å². The van der Waals surface area contributed by atoms with Gasteiger partial charge >= 0.3 is 0 Å². The summed E-state index contributed by atoms with van der Waals surface area (Å²) < 4.78 is 0. The van der Waals surface area contributed by atoms with E-state index in [0.717, 1.165) is 18.4 Å². The molecule has 0 fully saturated rings. The minimum atomic E-state index is 0.699. The van der Waals surface area contributed by atoms with Crippen molar-refractivity contribution in [1.82, 2.24) is 0 Å². The largest absolute Gasteiger partial charge is 0.399 e. The number of nitrogen functional groups attached to an aromatic ring is 1. The Labute approximate surface area is 123 Å². The molecule has 1 nitrogen and oxygen atoms in total. The maximum absolute atomic E-state index is 6.38. The van der Waals surface area contributed by atoms with Gasteiger partial charge in [0.2, 0.25) is 0 Å². The van der Waals surface area contributed by atoms with E-state index in [0.29, 0.717) is 10.7 Å². The van der Waals surface area contributed by atoms with Crippen LogP contribution in [0.2, 0.25) is 5.02 Å². The predicted molar refractivity (Wildman–Crippen MR) is 86.2 cm³/mol. The fraction of sp³-hybridized carbons (Fsp3) is 0.111. The zero-order valence-electron chi connectivity index (χ0n) is 11.0. The lowest BCUT2D eigenvalue weighted by Gasteiger charge is -2.11. The van der Waals surface area contributed by atoms with Crippen molar-refractivity contribution in [3.63, 3.8) is 0 Å². The second-order valence-electron chi connectivity index (χ2n) is 5.35. The third-order valence-corrected chi connectivity index (χ3v) is 4.47. The summed E-state index contributed by atoms with van der Waals surface area (Å²) in [5, 5.41) is 3.42. The lowest BCUT2D eigenvalue weighted by molar-refractivity contribution is 1.02. The number of aryl methyl sites for hydroxylation is 2. The number of anilines is 1. The van der Waals surface area contributed by atoms with E-state index in [2.05, 4.69) is 30.3 Å². The lowest BCUT2D eigenvalue weighted by atomic mass is 9.95. The van der Waals surface area contributed by atoms with E-state index in [1.807, 2.05) is 18.2 Å². The Bertz CT molecular complexity index is 826. The molecule has 0 saturated carbocycles. The van der Waals surface area contributed by atoms with E-state index in [4.69, 9.17) is 17.3 Å². The molecule has 0 amide bonds. The molecule has 98 valence electrons. The second kappa shape index (κ2) is 4.26. The number of rotatable bonds is 1. The van der Waals surface area contributed by atoms with Crippen molar-refractivity contribution < 1.29 is 0 Å². The van der Waals surface area contributed by atoms with Gasteiger partial charge in [-0.25, -0.2) is 0 Å². The number of benzene rings is 3. The normalized spacial score (nSPS) is 13.1. The van der Waals surface area contributed by atoms with Gasteiger partial charge in [0, 0.05) is 11.3 Å². The first-order chi connectivity index (χ1) is 9.74. The summed E-state index contributed by atoms with van der Waals surface area (Å²) in [6, 6.07) is 16.7. The zero-order chi connectivity index (χ0) is 13.7. The monoisotopic (exact) mass is 279 g/mol. The van der Waals surface area contributed by atoms with E-state index in [1.165, 1.54) is 27.5 Å². The van der Waals surface area contributed by atoms with Crippen LogP contribution in [0.1, 0.15) is 11.1 Å². The molecule has 0 unspecified atom stereocenters. The first kappa shape index (κ1) is 11.8. The summed E-state index contributed by atoms with van der Waals surface area (Å²) in [5.74, 6) is 0. The van der Waals surface area contributed by atoms with Crippen molar-refractivity contribution in [2.24, 2.45) is 0 Å². The van der Waals surface area contributed by atoms with Gasteiger partial charge in [-0.1, -0.05) is 48.0 Å². The highest BCUT2D eigenvalue weighted by Crippen LogP contribution is 2.39. The van der Waals surface area contributed by atoms with Crippen LogP contribution < -0.4 is 5.73 Å². The van der Waals surface area contributed by atoms with Crippen LogP contribution in [-0.2, 0) is 12.8 Å². The van der Waals surface area contributed by atoms with Crippen molar-refractivity contribution >= 4 is 28.1 Å². The first-order valence-corrected chi connectivity index (χ1v) is 7.21. The van der Waals surface area contributed by atoms with Gasteiger partial charge in [-0.3, -0.25) is 0 Å². The van der Waals surface area contributed by atoms with Crippen LogP contribution in [-0.4, -0.2) is 0 Å². The van der Waals surface area contributed by atoms with Crippen molar-refractivity contribution in [3.05, 3.63) is 64.7 Å². The Balaban J connectivity index is 2.06. The van der Waals surface area contributed by atoms with Crippen LogP contribution >= 0.6 is 11.6 Å². The molecular weight excluding hydrogens is 266 g/mol. The fourth-order valence-corrected chi connectivity index (χ4v) is 3.52. The number of halogens is 1. The van der Waals surface area contributed by atoms with Crippen LogP contribution in [0.4, 0.5) is 5.69 Å². The van der Waals surface area contributed by atoms with Gasteiger partial charge in [-0.05, 0) is 52.4 Å². The topological polar surface area (TPSA) is 26.0 Å². The van der Waals surface area contributed by atoms with E-state index in [-0.39, 0.29) is 0 Å². The molecule has 3 aromatic carbocycles. The van der Waals surface area contributed by atoms with Crippen molar-refractivity contribution in [1.29, 1.82) is 0 Å². The minimum Gasteiger partial charge on any atom is -0.399 e. The van der Waals surface area contributed by atoms with Crippen LogP contribution in [0, 0.1) is 0 Å². The summed E-state index contributed by atoms with van der Waals surface area (Å²) in [7, 11) is 0. The molecule has 0 radical (unpaired) electrons. The third kappa shape index (κ3) is 1.63. The molecule has 0 heterocycles. The number of nitrogens with two attached hydrogens (primary N) is 1. The maximum Gasteiger partial charge on any atom is 0.0505 e. The fourth-order valence-electron chi connectivity index (χ4n) is 3.23.